The van der Waals surface area contributed by atoms with Gasteiger partial charge in [-0.05, 0) is 61.1 Å². The van der Waals surface area contributed by atoms with Crippen LogP contribution in [0.3, 0.4) is 0 Å². The van der Waals surface area contributed by atoms with E-state index in [0.717, 1.165) is 6.08 Å². The van der Waals surface area contributed by atoms with Gasteiger partial charge >= 0.3 is 5.97 Å². The molecule has 1 saturated carbocycles. The number of ether oxygens (including phenoxy) is 2. The lowest BCUT2D eigenvalue weighted by atomic mass is 9.89. The molecule has 0 radical (unpaired) electrons. The summed E-state index contributed by atoms with van der Waals surface area (Å²) < 4.78 is 39.0. The average Bonchev–Trinajstić information content (AvgIpc) is 3.27. The SMILES string of the molecule is O=C(CCC/C=C\C[C@@H]1[C@@H](/C=C/C(F)(F)COc2ccccc2)[C@H](O)C[C@@H]1O)NCC(=O)Oc1ccc(CO[N+](=O)[O-])cc1. The second-order valence-electron chi connectivity index (χ2n) is 10.3. The molecule has 238 valence electrons. The first kappa shape index (κ1) is 34.1. The van der Waals surface area contributed by atoms with Crippen LogP contribution in [0.4, 0.5) is 8.78 Å². The molecule has 0 saturated heterocycles. The van der Waals surface area contributed by atoms with Gasteiger partial charge in [0.1, 0.15) is 24.7 Å². The average molecular weight is 619 g/mol. The first-order valence-electron chi connectivity index (χ1n) is 14.1. The number of para-hydroxylation sites is 1. The van der Waals surface area contributed by atoms with Crippen molar-refractivity contribution in [3.63, 3.8) is 0 Å². The fraction of sp³-hybridized carbons (Fsp3) is 0.419. The predicted molar refractivity (Wildman–Crippen MR) is 154 cm³/mol. The van der Waals surface area contributed by atoms with Crippen molar-refractivity contribution in [3.8, 4) is 11.5 Å². The number of carbonyl (C=O) groups excluding carboxylic acids is 2. The minimum absolute atomic E-state index is 0.0897. The Morgan fingerprint density at radius 2 is 1.77 bits per heavy atom. The summed E-state index contributed by atoms with van der Waals surface area (Å²) in [7, 11) is 0. The predicted octanol–water partition coefficient (Wildman–Crippen LogP) is 4.16. The third kappa shape index (κ3) is 12.1. The van der Waals surface area contributed by atoms with E-state index in [1.54, 1.807) is 36.4 Å². The van der Waals surface area contributed by atoms with Gasteiger partial charge in [-0.25, -0.2) is 4.79 Å². The number of esters is 1. The molecule has 0 aliphatic heterocycles. The van der Waals surface area contributed by atoms with Crippen LogP contribution in [-0.4, -0.2) is 58.5 Å². The number of allylic oxidation sites excluding steroid dienone is 2. The smallest absolute Gasteiger partial charge is 0.330 e. The minimum Gasteiger partial charge on any atom is -0.487 e. The first-order chi connectivity index (χ1) is 21.0. The van der Waals surface area contributed by atoms with E-state index < -0.39 is 47.6 Å². The van der Waals surface area contributed by atoms with Crippen molar-refractivity contribution < 1.29 is 48.0 Å². The molecule has 2 aromatic rings. The lowest BCUT2D eigenvalue weighted by Crippen LogP contribution is -2.31. The molecule has 13 heteroatoms. The number of aliphatic hydroxyl groups excluding tert-OH is 2. The quantitative estimate of drug-likeness (QED) is 0.0591. The van der Waals surface area contributed by atoms with E-state index in [4.69, 9.17) is 9.47 Å². The number of nitrogens with zero attached hydrogens (tertiary/aromatic N) is 1. The Balaban J connectivity index is 1.34. The fourth-order valence-electron chi connectivity index (χ4n) is 4.66. The number of rotatable bonds is 17. The summed E-state index contributed by atoms with van der Waals surface area (Å²) in [6.45, 7) is -1.42. The van der Waals surface area contributed by atoms with E-state index >= 15 is 0 Å². The van der Waals surface area contributed by atoms with Crippen LogP contribution < -0.4 is 14.8 Å². The van der Waals surface area contributed by atoms with E-state index in [1.807, 2.05) is 6.08 Å². The fourth-order valence-corrected chi connectivity index (χ4v) is 4.66. The van der Waals surface area contributed by atoms with Gasteiger partial charge in [0.15, 0.2) is 6.61 Å². The first-order valence-corrected chi connectivity index (χ1v) is 14.1. The van der Waals surface area contributed by atoms with E-state index in [1.165, 1.54) is 30.3 Å². The van der Waals surface area contributed by atoms with Crippen molar-refractivity contribution >= 4 is 11.9 Å². The summed E-state index contributed by atoms with van der Waals surface area (Å²) in [6.07, 6.45) is 5.43. The molecular formula is C31H36F2N2O9. The molecule has 0 heterocycles. The zero-order valence-electron chi connectivity index (χ0n) is 23.9. The molecule has 4 atom stereocenters. The topological polar surface area (TPSA) is 157 Å². The van der Waals surface area contributed by atoms with Gasteiger partial charge in [0.25, 0.3) is 11.0 Å². The van der Waals surface area contributed by atoms with Crippen molar-refractivity contribution in [1.82, 2.24) is 5.32 Å². The van der Waals surface area contributed by atoms with Gasteiger partial charge in [0.05, 0.1) is 12.2 Å². The number of amides is 1. The molecule has 3 rings (SSSR count). The molecule has 1 aliphatic rings. The zero-order chi connectivity index (χ0) is 32.0. The summed E-state index contributed by atoms with van der Waals surface area (Å²) in [5, 5.41) is 32.5. The number of unbranched alkanes of at least 4 members (excludes halogenated alkanes) is 1. The summed E-state index contributed by atoms with van der Waals surface area (Å²) in [4.78, 5) is 38.5. The highest BCUT2D eigenvalue weighted by Gasteiger charge is 2.40. The van der Waals surface area contributed by atoms with Crippen molar-refractivity contribution in [2.75, 3.05) is 13.2 Å². The Hall–Kier alpha value is -4.36. The number of alkyl halides is 2. The number of carbonyl (C=O) groups is 2. The van der Waals surface area contributed by atoms with Gasteiger partial charge in [-0.15, -0.1) is 10.1 Å². The summed E-state index contributed by atoms with van der Waals surface area (Å²) in [5.74, 6) is -4.85. The highest BCUT2D eigenvalue weighted by atomic mass is 19.3. The maximum Gasteiger partial charge on any atom is 0.330 e. The van der Waals surface area contributed by atoms with Gasteiger partial charge in [-0.3, -0.25) is 4.79 Å². The highest BCUT2D eigenvalue weighted by molar-refractivity contribution is 5.82. The molecule has 0 spiro atoms. The maximum absolute atomic E-state index is 14.4. The van der Waals surface area contributed by atoms with Crippen LogP contribution in [-0.2, 0) is 21.0 Å². The number of hydrogen-bond donors (Lipinski definition) is 3. The van der Waals surface area contributed by atoms with Crippen molar-refractivity contribution in [2.45, 2.75) is 56.8 Å². The van der Waals surface area contributed by atoms with Gasteiger partial charge in [-0.2, -0.15) is 8.78 Å². The van der Waals surface area contributed by atoms with Crippen LogP contribution in [0.2, 0.25) is 0 Å². The maximum atomic E-state index is 14.4. The van der Waals surface area contributed by atoms with Crippen molar-refractivity contribution in [1.29, 1.82) is 0 Å². The van der Waals surface area contributed by atoms with Crippen molar-refractivity contribution in [3.05, 3.63) is 94.6 Å². The van der Waals surface area contributed by atoms with Crippen LogP contribution in [0.5, 0.6) is 11.5 Å². The van der Waals surface area contributed by atoms with E-state index in [9.17, 15) is 38.7 Å². The second kappa shape index (κ2) is 17.1. The largest absolute Gasteiger partial charge is 0.487 e. The molecule has 1 aliphatic carbocycles. The highest BCUT2D eigenvalue weighted by Crippen LogP contribution is 2.37. The Kier molecular flexibility index (Phi) is 13.2. The normalized spacial score (nSPS) is 20.1. The van der Waals surface area contributed by atoms with Crippen LogP contribution in [0.15, 0.2) is 78.9 Å². The van der Waals surface area contributed by atoms with Gasteiger partial charge in [-0.1, -0.05) is 48.6 Å². The number of nitrogens with one attached hydrogen (secondary N) is 1. The molecule has 1 fully saturated rings. The monoisotopic (exact) mass is 618 g/mol. The molecular weight excluding hydrogens is 582 g/mol. The van der Waals surface area contributed by atoms with Gasteiger partial charge in [0.2, 0.25) is 5.91 Å². The number of aliphatic hydroxyl groups is 2. The molecule has 2 aromatic carbocycles. The van der Waals surface area contributed by atoms with E-state index in [0.29, 0.717) is 30.6 Å². The Morgan fingerprint density at radius 3 is 2.48 bits per heavy atom. The summed E-state index contributed by atoms with van der Waals surface area (Å²) in [5.41, 5.74) is 0.517. The van der Waals surface area contributed by atoms with Crippen LogP contribution in [0.1, 0.15) is 37.7 Å². The second-order valence-corrected chi connectivity index (χ2v) is 10.3. The molecule has 11 nitrogen and oxygen atoms in total. The molecule has 3 N–H and O–H groups in total. The number of hydrogen-bond acceptors (Lipinski definition) is 9. The molecule has 0 bridgehead atoms. The molecule has 1 amide bonds. The Morgan fingerprint density at radius 1 is 1.05 bits per heavy atom. The van der Waals surface area contributed by atoms with Crippen LogP contribution >= 0.6 is 0 Å². The lowest BCUT2D eigenvalue weighted by Gasteiger charge is -2.20. The third-order valence-electron chi connectivity index (χ3n) is 6.92. The van der Waals surface area contributed by atoms with Crippen LogP contribution in [0, 0.1) is 22.0 Å². The lowest BCUT2D eigenvalue weighted by molar-refractivity contribution is -0.763. The minimum atomic E-state index is -3.26. The molecule has 44 heavy (non-hydrogen) atoms. The standard InChI is InChI=1S/C31H36F2N2O9/c32-31(33,21-42-23-8-4-3-5-9-23)17-16-26-25(27(36)18-28(26)37)10-6-1-2-7-11-29(38)34-19-30(39)44-24-14-12-22(13-15-24)20-43-35(40)41/h1,3-6,8-9,12-17,25-28,36-37H,2,7,10-11,18-21H2,(H,34,38)/b6-1-,17-16+/t25-,26-,27+,28-/m1/s1. The summed E-state index contributed by atoms with van der Waals surface area (Å²) >= 11 is 0. The van der Waals surface area contributed by atoms with E-state index in [-0.39, 0.29) is 37.6 Å². The van der Waals surface area contributed by atoms with Gasteiger partial charge < -0.3 is 29.8 Å². The Bertz CT molecular complexity index is 1270. The van der Waals surface area contributed by atoms with Crippen molar-refractivity contribution in [2.24, 2.45) is 11.8 Å². The third-order valence-corrected chi connectivity index (χ3v) is 6.92. The number of halogens is 2. The van der Waals surface area contributed by atoms with E-state index in [2.05, 4.69) is 10.2 Å². The van der Waals surface area contributed by atoms with Gasteiger partial charge in [0, 0.05) is 18.8 Å². The zero-order valence-corrected chi connectivity index (χ0v) is 23.9. The summed E-state index contributed by atoms with van der Waals surface area (Å²) in [6, 6.07) is 14.2. The number of benzene rings is 2. The molecule has 0 aromatic heterocycles. The molecule has 0 unspecified atom stereocenters. The Labute approximate surface area is 253 Å². The van der Waals surface area contributed by atoms with Crippen LogP contribution in [0.25, 0.3) is 0 Å².